The zero-order valence-electron chi connectivity index (χ0n) is 9.98. The first kappa shape index (κ1) is 14.3. The first-order valence-corrected chi connectivity index (χ1v) is 6.58. The van der Waals surface area contributed by atoms with Crippen molar-refractivity contribution in [2.75, 3.05) is 6.54 Å². The molecule has 0 fully saturated rings. The Morgan fingerprint density at radius 1 is 1.32 bits per heavy atom. The molecule has 1 unspecified atom stereocenters. The van der Waals surface area contributed by atoms with E-state index in [0.29, 0.717) is 6.54 Å². The molecule has 0 saturated carbocycles. The van der Waals surface area contributed by atoms with Gasteiger partial charge in [0.25, 0.3) is 6.43 Å². The Kier molecular flexibility index (Phi) is 4.79. The van der Waals surface area contributed by atoms with Gasteiger partial charge in [-0.2, -0.15) is 0 Å². The van der Waals surface area contributed by atoms with Gasteiger partial charge in [-0.1, -0.05) is 28.1 Å². The highest BCUT2D eigenvalue weighted by Gasteiger charge is 2.16. The zero-order valence-corrected chi connectivity index (χ0v) is 11.6. The van der Waals surface area contributed by atoms with Crippen LogP contribution in [0.1, 0.15) is 5.56 Å². The van der Waals surface area contributed by atoms with Gasteiger partial charge in [-0.05, 0) is 17.7 Å². The summed E-state index contributed by atoms with van der Waals surface area (Å²) in [7, 11) is 0. The first-order valence-electron chi connectivity index (χ1n) is 5.78. The van der Waals surface area contributed by atoms with E-state index in [2.05, 4.69) is 26.2 Å². The van der Waals surface area contributed by atoms with E-state index >= 15 is 0 Å². The Balaban J connectivity index is 2.11. The molecular formula is C13H13BrF2N2O. The van der Waals surface area contributed by atoms with Gasteiger partial charge in [0.15, 0.2) is 0 Å². The van der Waals surface area contributed by atoms with Crippen molar-refractivity contribution in [3.05, 3.63) is 40.5 Å². The van der Waals surface area contributed by atoms with Crippen LogP contribution in [0.25, 0.3) is 10.9 Å². The average molecular weight is 331 g/mol. The number of nitrogens with one attached hydrogen (secondary N) is 1. The van der Waals surface area contributed by atoms with E-state index in [1.54, 1.807) is 6.20 Å². The lowest BCUT2D eigenvalue weighted by molar-refractivity contribution is -0.00339. The molecule has 1 aromatic heterocycles. The van der Waals surface area contributed by atoms with Crippen LogP contribution in [0.4, 0.5) is 8.78 Å². The minimum Gasteiger partial charge on any atom is -0.386 e. The number of aromatic nitrogens is 1. The first-order chi connectivity index (χ1) is 9.09. The Hall–Kier alpha value is -1.11. The number of aliphatic hydroxyl groups excluding tert-OH is 1. The van der Waals surface area contributed by atoms with E-state index in [1.165, 1.54) is 0 Å². The summed E-state index contributed by atoms with van der Waals surface area (Å²) in [5, 5.41) is 12.8. The molecule has 6 heteroatoms. The maximum Gasteiger partial charge on any atom is 0.265 e. The molecule has 1 heterocycles. The number of hydrogen-bond acceptors (Lipinski definition) is 3. The SMILES string of the molecule is OC(CNCc1ccc(Br)c2cccnc12)C(F)F. The van der Waals surface area contributed by atoms with E-state index < -0.39 is 12.5 Å². The van der Waals surface area contributed by atoms with Gasteiger partial charge in [0.2, 0.25) is 0 Å². The topological polar surface area (TPSA) is 45.1 Å². The molecule has 0 saturated heterocycles. The third-order valence-electron chi connectivity index (χ3n) is 2.76. The van der Waals surface area contributed by atoms with Gasteiger partial charge in [0.1, 0.15) is 6.10 Å². The third kappa shape index (κ3) is 3.46. The van der Waals surface area contributed by atoms with Crippen molar-refractivity contribution in [2.45, 2.75) is 19.1 Å². The molecule has 0 spiro atoms. The minimum absolute atomic E-state index is 0.151. The van der Waals surface area contributed by atoms with Gasteiger partial charge in [-0.15, -0.1) is 0 Å². The number of fused-ring (bicyclic) bond motifs is 1. The monoisotopic (exact) mass is 330 g/mol. The average Bonchev–Trinajstić information content (AvgIpc) is 2.41. The molecule has 2 aromatic rings. The summed E-state index contributed by atoms with van der Waals surface area (Å²) in [4.78, 5) is 4.29. The largest absolute Gasteiger partial charge is 0.386 e. The Labute approximate surface area is 117 Å². The second-order valence-corrected chi connectivity index (χ2v) is 4.99. The van der Waals surface area contributed by atoms with Gasteiger partial charge < -0.3 is 10.4 Å². The van der Waals surface area contributed by atoms with Gasteiger partial charge in [0, 0.05) is 29.1 Å². The van der Waals surface area contributed by atoms with Crippen LogP contribution >= 0.6 is 15.9 Å². The van der Waals surface area contributed by atoms with Crippen molar-refractivity contribution in [3.8, 4) is 0 Å². The van der Waals surface area contributed by atoms with E-state index in [-0.39, 0.29) is 6.54 Å². The highest BCUT2D eigenvalue weighted by atomic mass is 79.9. The van der Waals surface area contributed by atoms with Crippen LogP contribution in [0.15, 0.2) is 34.9 Å². The molecule has 1 atom stereocenters. The number of aliphatic hydroxyl groups is 1. The molecular weight excluding hydrogens is 318 g/mol. The predicted molar refractivity (Wildman–Crippen MR) is 73.2 cm³/mol. The second-order valence-electron chi connectivity index (χ2n) is 4.14. The third-order valence-corrected chi connectivity index (χ3v) is 3.45. The number of nitrogens with zero attached hydrogens (tertiary/aromatic N) is 1. The molecule has 0 amide bonds. The maximum atomic E-state index is 12.2. The van der Waals surface area contributed by atoms with Gasteiger partial charge in [-0.3, -0.25) is 4.98 Å². The van der Waals surface area contributed by atoms with E-state index in [1.807, 2.05) is 24.3 Å². The van der Waals surface area contributed by atoms with Crippen molar-refractivity contribution in [3.63, 3.8) is 0 Å². The highest BCUT2D eigenvalue weighted by molar-refractivity contribution is 9.10. The number of alkyl halides is 2. The molecule has 1 aromatic carbocycles. The highest BCUT2D eigenvalue weighted by Crippen LogP contribution is 2.25. The van der Waals surface area contributed by atoms with Gasteiger partial charge in [0.05, 0.1) is 5.52 Å². The fraction of sp³-hybridized carbons (Fsp3) is 0.308. The second kappa shape index (κ2) is 6.36. The van der Waals surface area contributed by atoms with Crippen LogP contribution in [0.3, 0.4) is 0 Å². The Morgan fingerprint density at radius 2 is 2.11 bits per heavy atom. The minimum atomic E-state index is -2.73. The number of benzene rings is 1. The number of rotatable bonds is 5. The van der Waals surface area contributed by atoms with E-state index in [9.17, 15) is 8.78 Å². The van der Waals surface area contributed by atoms with Crippen LogP contribution < -0.4 is 5.32 Å². The molecule has 0 aliphatic rings. The van der Waals surface area contributed by atoms with Gasteiger partial charge >= 0.3 is 0 Å². The van der Waals surface area contributed by atoms with E-state index in [0.717, 1.165) is 20.9 Å². The molecule has 102 valence electrons. The predicted octanol–water partition coefficient (Wildman–Crippen LogP) is 2.71. The lowest BCUT2D eigenvalue weighted by Crippen LogP contribution is -2.31. The van der Waals surface area contributed by atoms with Crippen molar-refractivity contribution in [1.29, 1.82) is 0 Å². The fourth-order valence-corrected chi connectivity index (χ4v) is 2.23. The Morgan fingerprint density at radius 3 is 2.84 bits per heavy atom. The Bertz CT molecular complexity index is 565. The smallest absolute Gasteiger partial charge is 0.265 e. The molecule has 0 radical (unpaired) electrons. The summed E-state index contributed by atoms with van der Waals surface area (Å²) >= 11 is 3.44. The molecule has 0 aliphatic carbocycles. The summed E-state index contributed by atoms with van der Waals surface area (Å²) < 4.78 is 25.2. The molecule has 2 N–H and O–H groups in total. The maximum absolute atomic E-state index is 12.2. The molecule has 3 nitrogen and oxygen atoms in total. The number of pyridine rings is 1. The van der Waals surface area contributed by atoms with Crippen molar-refractivity contribution in [1.82, 2.24) is 10.3 Å². The van der Waals surface area contributed by atoms with Gasteiger partial charge in [-0.25, -0.2) is 8.78 Å². The summed E-state index contributed by atoms with van der Waals surface area (Å²) in [6, 6.07) is 7.54. The van der Waals surface area contributed by atoms with Crippen LogP contribution in [0.2, 0.25) is 0 Å². The number of halogens is 3. The fourth-order valence-electron chi connectivity index (χ4n) is 1.78. The summed E-state index contributed by atoms with van der Waals surface area (Å²) in [5.74, 6) is 0. The molecule has 19 heavy (non-hydrogen) atoms. The summed E-state index contributed by atoms with van der Waals surface area (Å²) in [6.45, 7) is 0.229. The zero-order chi connectivity index (χ0) is 13.8. The van der Waals surface area contributed by atoms with Crippen LogP contribution in [0, 0.1) is 0 Å². The normalized spacial score (nSPS) is 13.1. The molecule has 2 rings (SSSR count). The quantitative estimate of drug-likeness (QED) is 0.886. The van der Waals surface area contributed by atoms with E-state index in [4.69, 9.17) is 5.11 Å². The van der Waals surface area contributed by atoms with Crippen molar-refractivity contribution >= 4 is 26.8 Å². The standard InChI is InChI=1S/C13H13BrF2N2O/c14-10-4-3-8(6-17-7-11(19)13(15)16)12-9(10)2-1-5-18-12/h1-5,11,13,17,19H,6-7H2. The summed E-state index contributed by atoms with van der Waals surface area (Å²) in [6.07, 6.45) is -2.69. The lowest BCUT2D eigenvalue weighted by Gasteiger charge is -2.12. The van der Waals surface area contributed by atoms with Crippen LogP contribution in [-0.4, -0.2) is 29.2 Å². The van der Waals surface area contributed by atoms with Crippen LogP contribution in [0.5, 0.6) is 0 Å². The molecule has 0 aliphatic heterocycles. The van der Waals surface area contributed by atoms with Crippen molar-refractivity contribution < 1.29 is 13.9 Å². The number of hydrogen-bond donors (Lipinski definition) is 2. The van der Waals surface area contributed by atoms with Crippen molar-refractivity contribution in [2.24, 2.45) is 0 Å². The lowest BCUT2D eigenvalue weighted by atomic mass is 10.1. The molecule has 0 bridgehead atoms. The summed E-state index contributed by atoms with van der Waals surface area (Å²) in [5.41, 5.74) is 1.72. The van der Waals surface area contributed by atoms with Crippen LogP contribution in [-0.2, 0) is 6.54 Å².